The van der Waals surface area contributed by atoms with E-state index in [1.54, 1.807) is 0 Å². The second-order valence-electron chi connectivity index (χ2n) is 4.24. The maximum Gasteiger partial charge on any atom is 0.0456 e. The zero-order valence-electron chi connectivity index (χ0n) is 9.24. The van der Waals surface area contributed by atoms with Crippen molar-refractivity contribution in [3.63, 3.8) is 0 Å². The number of hydrogen-bond donors (Lipinski definition) is 1. The standard InChI is InChI=1S/C11H23NOS/c1-11(10-13)4-2-3-5-12-6-8-14-9-7-12/h11,13H,2-10H2,1H3. The molecule has 1 N–H and O–H groups in total. The van der Waals surface area contributed by atoms with Gasteiger partial charge in [0.1, 0.15) is 0 Å². The molecule has 3 heteroatoms. The molecule has 14 heavy (non-hydrogen) atoms. The fourth-order valence-electron chi connectivity index (χ4n) is 1.74. The lowest BCUT2D eigenvalue weighted by Crippen LogP contribution is -2.33. The van der Waals surface area contributed by atoms with E-state index in [0.29, 0.717) is 12.5 Å². The van der Waals surface area contributed by atoms with Gasteiger partial charge < -0.3 is 10.0 Å². The van der Waals surface area contributed by atoms with Crippen LogP contribution in [-0.4, -0.2) is 47.8 Å². The normalized spacial score (nSPS) is 21.0. The molecule has 2 nitrogen and oxygen atoms in total. The summed E-state index contributed by atoms with van der Waals surface area (Å²) in [5, 5.41) is 8.87. The molecule has 0 bridgehead atoms. The molecule has 1 heterocycles. The highest BCUT2D eigenvalue weighted by Gasteiger charge is 2.09. The van der Waals surface area contributed by atoms with Crippen LogP contribution in [0.25, 0.3) is 0 Å². The molecule has 1 aliphatic rings. The van der Waals surface area contributed by atoms with Gasteiger partial charge in [-0.25, -0.2) is 0 Å². The van der Waals surface area contributed by atoms with Crippen molar-refractivity contribution in [2.75, 3.05) is 37.7 Å². The van der Waals surface area contributed by atoms with Gasteiger partial charge in [-0.1, -0.05) is 13.3 Å². The average Bonchev–Trinajstić information content (AvgIpc) is 2.25. The lowest BCUT2D eigenvalue weighted by molar-refractivity contribution is 0.223. The Bertz CT molecular complexity index is 137. The van der Waals surface area contributed by atoms with Gasteiger partial charge in [-0.2, -0.15) is 11.8 Å². The second kappa shape index (κ2) is 7.55. The minimum absolute atomic E-state index is 0.348. The van der Waals surface area contributed by atoms with E-state index in [1.165, 1.54) is 50.4 Å². The summed E-state index contributed by atoms with van der Waals surface area (Å²) in [5.74, 6) is 3.12. The third kappa shape index (κ3) is 5.23. The van der Waals surface area contributed by atoms with Gasteiger partial charge in [-0.15, -0.1) is 0 Å². The monoisotopic (exact) mass is 217 g/mol. The third-order valence-corrected chi connectivity index (χ3v) is 3.78. The lowest BCUT2D eigenvalue weighted by Gasteiger charge is -2.26. The number of rotatable bonds is 6. The Balaban J connectivity index is 1.92. The quantitative estimate of drug-likeness (QED) is 0.687. The molecule has 0 aromatic rings. The van der Waals surface area contributed by atoms with Gasteiger partial charge in [0.15, 0.2) is 0 Å². The van der Waals surface area contributed by atoms with Crippen LogP contribution in [0, 0.1) is 5.92 Å². The second-order valence-corrected chi connectivity index (χ2v) is 5.46. The molecule has 0 aromatic heterocycles. The SMILES string of the molecule is CC(CO)CCCCN1CCSCC1. The van der Waals surface area contributed by atoms with Crippen molar-refractivity contribution in [2.45, 2.75) is 26.2 Å². The van der Waals surface area contributed by atoms with E-state index in [1.807, 2.05) is 0 Å². The summed E-state index contributed by atoms with van der Waals surface area (Å²) in [4.78, 5) is 2.57. The number of nitrogens with zero attached hydrogens (tertiary/aromatic N) is 1. The van der Waals surface area contributed by atoms with Crippen LogP contribution >= 0.6 is 11.8 Å². The van der Waals surface area contributed by atoms with Gasteiger partial charge in [0, 0.05) is 31.2 Å². The van der Waals surface area contributed by atoms with Crippen molar-refractivity contribution in [3.8, 4) is 0 Å². The van der Waals surface area contributed by atoms with E-state index < -0.39 is 0 Å². The Hall–Kier alpha value is 0.270. The third-order valence-electron chi connectivity index (χ3n) is 2.84. The highest BCUT2D eigenvalue weighted by atomic mass is 32.2. The Morgan fingerprint density at radius 2 is 2.00 bits per heavy atom. The number of thioether (sulfide) groups is 1. The summed E-state index contributed by atoms with van der Waals surface area (Å²) in [6, 6.07) is 0. The first kappa shape index (κ1) is 12.3. The van der Waals surface area contributed by atoms with Crippen molar-refractivity contribution < 1.29 is 5.11 Å². The molecule has 1 aliphatic heterocycles. The van der Waals surface area contributed by atoms with Crippen LogP contribution in [0.15, 0.2) is 0 Å². The summed E-state index contributed by atoms with van der Waals surface area (Å²) in [6.07, 6.45) is 3.75. The Morgan fingerprint density at radius 3 is 2.64 bits per heavy atom. The Kier molecular flexibility index (Phi) is 6.65. The molecule has 1 saturated heterocycles. The smallest absolute Gasteiger partial charge is 0.0456 e. The molecule has 0 saturated carbocycles. The zero-order chi connectivity index (χ0) is 10.2. The molecule has 84 valence electrons. The van der Waals surface area contributed by atoms with Crippen LogP contribution in [-0.2, 0) is 0 Å². The highest BCUT2D eigenvalue weighted by Crippen LogP contribution is 2.11. The zero-order valence-corrected chi connectivity index (χ0v) is 10.1. The van der Waals surface area contributed by atoms with Crippen molar-refractivity contribution in [1.29, 1.82) is 0 Å². The maximum absolute atomic E-state index is 8.87. The van der Waals surface area contributed by atoms with Crippen LogP contribution in [0.1, 0.15) is 26.2 Å². The summed E-state index contributed by atoms with van der Waals surface area (Å²) < 4.78 is 0. The Labute approximate surface area is 92.1 Å². The topological polar surface area (TPSA) is 23.5 Å². The van der Waals surface area contributed by atoms with Crippen molar-refractivity contribution in [1.82, 2.24) is 4.90 Å². The minimum atomic E-state index is 0.348. The molecule has 0 aliphatic carbocycles. The van der Waals surface area contributed by atoms with Crippen LogP contribution in [0.5, 0.6) is 0 Å². The van der Waals surface area contributed by atoms with Gasteiger partial charge in [0.05, 0.1) is 0 Å². The summed E-state index contributed by atoms with van der Waals surface area (Å²) in [5.41, 5.74) is 0. The number of unbranched alkanes of at least 4 members (excludes halogenated alkanes) is 1. The van der Waals surface area contributed by atoms with E-state index in [2.05, 4.69) is 23.6 Å². The average molecular weight is 217 g/mol. The molecule has 1 fully saturated rings. The molecule has 0 spiro atoms. The molecule has 1 rings (SSSR count). The molecular weight excluding hydrogens is 194 g/mol. The molecule has 1 atom stereocenters. The molecular formula is C11H23NOS. The summed E-state index contributed by atoms with van der Waals surface area (Å²) in [6.45, 7) is 6.29. The van der Waals surface area contributed by atoms with E-state index in [9.17, 15) is 0 Å². The lowest BCUT2D eigenvalue weighted by atomic mass is 10.1. The van der Waals surface area contributed by atoms with Crippen molar-refractivity contribution in [3.05, 3.63) is 0 Å². The fraction of sp³-hybridized carbons (Fsp3) is 1.00. The van der Waals surface area contributed by atoms with Crippen molar-refractivity contribution >= 4 is 11.8 Å². The summed E-state index contributed by atoms with van der Waals surface area (Å²) >= 11 is 2.07. The van der Waals surface area contributed by atoms with E-state index in [-0.39, 0.29) is 0 Å². The first-order valence-electron chi connectivity index (χ1n) is 5.74. The first-order chi connectivity index (χ1) is 6.83. The molecule has 0 aromatic carbocycles. The molecule has 0 radical (unpaired) electrons. The van der Waals surface area contributed by atoms with E-state index in [4.69, 9.17) is 5.11 Å². The Morgan fingerprint density at radius 1 is 1.29 bits per heavy atom. The van der Waals surface area contributed by atoms with Crippen LogP contribution in [0.4, 0.5) is 0 Å². The van der Waals surface area contributed by atoms with Crippen molar-refractivity contribution in [2.24, 2.45) is 5.92 Å². The summed E-state index contributed by atoms with van der Waals surface area (Å²) in [7, 11) is 0. The van der Waals surface area contributed by atoms with Crippen LogP contribution in [0.3, 0.4) is 0 Å². The molecule has 0 amide bonds. The maximum atomic E-state index is 8.87. The highest BCUT2D eigenvalue weighted by molar-refractivity contribution is 7.99. The van der Waals surface area contributed by atoms with Gasteiger partial charge in [0.2, 0.25) is 0 Å². The van der Waals surface area contributed by atoms with Gasteiger partial charge in [0.25, 0.3) is 0 Å². The van der Waals surface area contributed by atoms with E-state index >= 15 is 0 Å². The van der Waals surface area contributed by atoms with Crippen LogP contribution < -0.4 is 0 Å². The van der Waals surface area contributed by atoms with Gasteiger partial charge in [-0.05, 0) is 25.3 Å². The predicted molar refractivity (Wildman–Crippen MR) is 63.9 cm³/mol. The minimum Gasteiger partial charge on any atom is -0.396 e. The van der Waals surface area contributed by atoms with E-state index in [0.717, 1.165) is 0 Å². The number of aliphatic hydroxyl groups excluding tert-OH is 1. The first-order valence-corrected chi connectivity index (χ1v) is 6.89. The number of hydrogen-bond acceptors (Lipinski definition) is 3. The fourth-order valence-corrected chi connectivity index (χ4v) is 2.72. The number of aliphatic hydroxyl groups is 1. The largest absolute Gasteiger partial charge is 0.396 e. The molecule has 1 unspecified atom stereocenters. The predicted octanol–water partition coefficient (Wildman–Crippen LogP) is 1.83. The van der Waals surface area contributed by atoms with Gasteiger partial charge >= 0.3 is 0 Å². The van der Waals surface area contributed by atoms with Crippen LogP contribution in [0.2, 0.25) is 0 Å². The van der Waals surface area contributed by atoms with Gasteiger partial charge in [-0.3, -0.25) is 0 Å².